The van der Waals surface area contributed by atoms with Crippen molar-refractivity contribution in [2.75, 3.05) is 11.9 Å². The van der Waals surface area contributed by atoms with Gasteiger partial charge in [0.1, 0.15) is 0 Å². The fourth-order valence-corrected chi connectivity index (χ4v) is 2.99. The summed E-state index contributed by atoms with van der Waals surface area (Å²) in [5.74, 6) is -0.941. The molecule has 3 aromatic rings. The molecule has 0 fully saturated rings. The zero-order chi connectivity index (χ0) is 19.9. The van der Waals surface area contributed by atoms with Gasteiger partial charge in [0.15, 0.2) is 6.61 Å². The van der Waals surface area contributed by atoms with Crippen LogP contribution in [0.2, 0.25) is 5.02 Å². The Morgan fingerprint density at radius 2 is 1.68 bits per heavy atom. The van der Waals surface area contributed by atoms with E-state index >= 15 is 0 Å². The van der Waals surface area contributed by atoms with Crippen LogP contribution in [0.15, 0.2) is 72.8 Å². The van der Waals surface area contributed by atoms with Gasteiger partial charge in [-0.3, -0.25) is 4.79 Å². The molecule has 1 amide bonds. The Balaban J connectivity index is 1.63. The molecule has 0 saturated heterocycles. The predicted octanol–water partition coefficient (Wildman–Crippen LogP) is 5.03. The number of benzene rings is 3. The lowest BCUT2D eigenvalue weighted by atomic mass is 10.00. The summed E-state index contributed by atoms with van der Waals surface area (Å²) in [5.41, 5.74) is 3.87. The van der Waals surface area contributed by atoms with Gasteiger partial charge >= 0.3 is 5.97 Å². The number of nitrogens with one attached hydrogen (secondary N) is 1. The van der Waals surface area contributed by atoms with E-state index in [1.165, 1.54) is 0 Å². The van der Waals surface area contributed by atoms with Gasteiger partial charge in [-0.2, -0.15) is 0 Å². The maximum atomic E-state index is 12.5. The molecule has 4 nitrogen and oxygen atoms in total. The van der Waals surface area contributed by atoms with Crippen molar-refractivity contribution in [2.45, 2.75) is 13.3 Å². The second-order valence-corrected chi connectivity index (χ2v) is 6.84. The van der Waals surface area contributed by atoms with Crippen molar-refractivity contribution in [1.29, 1.82) is 0 Å². The quantitative estimate of drug-likeness (QED) is 0.597. The number of halogens is 1. The summed E-state index contributed by atoms with van der Waals surface area (Å²) >= 11 is 5.96. The Hall–Kier alpha value is -3.11. The van der Waals surface area contributed by atoms with Gasteiger partial charge in [-0.25, -0.2) is 4.79 Å². The summed E-state index contributed by atoms with van der Waals surface area (Å²) in [7, 11) is 0. The molecule has 0 bridgehead atoms. The highest BCUT2D eigenvalue weighted by Gasteiger charge is 2.15. The second kappa shape index (κ2) is 9.20. The third-order valence-electron chi connectivity index (χ3n) is 4.28. The lowest BCUT2D eigenvalue weighted by molar-refractivity contribution is -0.119. The average Bonchev–Trinajstić information content (AvgIpc) is 2.70. The fourth-order valence-electron chi connectivity index (χ4n) is 2.81. The van der Waals surface area contributed by atoms with Crippen LogP contribution in [0, 0.1) is 6.92 Å². The van der Waals surface area contributed by atoms with E-state index in [2.05, 4.69) is 5.32 Å². The first-order valence-corrected chi connectivity index (χ1v) is 9.25. The van der Waals surface area contributed by atoms with Gasteiger partial charge < -0.3 is 10.1 Å². The monoisotopic (exact) mass is 393 g/mol. The Labute approximate surface area is 169 Å². The number of amides is 1. The molecule has 3 rings (SSSR count). The summed E-state index contributed by atoms with van der Waals surface area (Å²) in [4.78, 5) is 24.7. The first kappa shape index (κ1) is 19.6. The van der Waals surface area contributed by atoms with Crippen molar-refractivity contribution in [3.8, 4) is 0 Å². The zero-order valence-corrected chi connectivity index (χ0v) is 16.2. The number of carbonyl (C=O) groups excluding carboxylic acids is 2. The van der Waals surface area contributed by atoms with Gasteiger partial charge in [0.05, 0.1) is 5.56 Å². The normalized spacial score (nSPS) is 10.4. The minimum Gasteiger partial charge on any atom is -0.452 e. The molecule has 0 aliphatic heterocycles. The van der Waals surface area contributed by atoms with Gasteiger partial charge in [0.25, 0.3) is 5.91 Å². The first-order valence-electron chi connectivity index (χ1n) is 8.88. The van der Waals surface area contributed by atoms with E-state index in [9.17, 15) is 9.59 Å². The van der Waals surface area contributed by atoms with E-state index in [0.29, 0.717) is 22.7 Å². The second-order valence-electron chi connectivity index (χ2n) is 6.40. The highest BCUT2D eigenvalue weighted by molar-refractivity contribution is 6.31. The molecule has 0 spiro atoms. The molecule has 3 aromatic carbocycles. The number of rotatable bonds is 6. The Morgan fingerprint density at radius 1 is 0.964 bits per heavy atom. The summed E-state index contributed by atoms with van der Waals surface area (Å²) in [6.07, 6.45) is 0.611. The Kier molecular flexibility index (Phi) is 6.45. The molecule has 5 heteroatoms. The number of carbonyl (C=O) groups is 2. The van der Waals surface area contributed by atoms with E-state index in [1.807, 2.05) is 55.5 Å². The first-order chi connectivity index (χ1) is 13.5. The van der Waals surface area contributed by atoms with Crippen molar-refractivity contribution in [1.82, 2.24) is 0 Å². The molecule has 0 saturated carbocycles. The molecule has 0 atom stereocenters. The summed E-state index contributed by atoms with van der Waals surface area (Å²) in [5, 5.41) is 3.23. The summed E-state index contributed by atoms with van der Waals surface area (Å²) in [6, 6.07) is 22.3. The lowest BCUT2D eigenvalue weighted by Crippen LogP contribution is -2.21. The lowest BCUT2D eigenvalue weighted by Gasteiger charge is -2.11. The van der Waals surface area contributed by atoms with Gasteiger partial charge in [-0.05, 0) is 48.2 Å². The van der Waals surface area contributed by atoms with Crippen LogP contribution in [0.1, 0.15) is 27.0 Å². The fraction of sp³-hybridized carbons (Fsp3) is 0.130. The number of hydrogen-bond acceptors (Lipinski definition) is 3. The van der Waals surface area contributed by atoms with Crippen LogP contribution in [0.25, 0.3) is 0 Å². The zero-order valence-electron chi connectivity index (χ0n) is 15.4. The maximum absolute atomic E-state index is 12.5. The summed E-state index contributed by atoms with van der Waals surface area (Å²) < 4.78 is 5.23. The van der Waals surface area contributed by atoms with Crippen molar-refractivity contribution in [3.05, 3.63) is 100 Å². The molecule has 0 aliphatic carbocycles. The maximum Gasteiger partial charge on any atom is 0.338 e. The third kappa shape index (κ3) is 5.21. The summed E-state index contributed by atoms with van der Waals surface area (Å²) in [6.45, 7) is 1.49. The standard InChI is InChI=1S/C23H20ClNO3/c1-16-11-12-19(24)14-21(16)25-22(26)15-28-23(27)20-10-6-5-9-18(20)13-17-7-3-2-4-8-17/h2-12,14H,13,15H2,1H3,(H,25,26). The minimum atomic E-state index is -0.524. The molecule has 0 aliphatic rings. The Morgan fingerprint density at radius 3 is 2.46 bits per heavy atom. The van der Waals surface area contributed by atoms with Crippen LogP contribution in [0.4, 0.5) is 5.69 Å². The van der Waals surface area contributed by atoms with E-state index in [1.54, 1.807) is 24.3 Å². The Bertz CT molecular complexity index is 986. The van der Waals surface area contributed by atoms with Crippen LogP contribution in [0.5, 0.6) is 0 Å². The third-order valence-corrected chi connectivity index (χ3v) is 4.52. The van der Waals surface area contributed by atoms with E-state index in [0.717, 1.165) is 16.7 Å². The molecular weight excluding hydrogens is 374 g/mol. The van der Waals surface area contributed by atoms with E-state index in [4.69, 9.17) is 16.3 Å². The van der Waals surface area contributed by atoms with Gasteiger partial charge in [0, 0.05) is 10.7 Å². The average molecular weight is 394 g/mol. The van der Waals surface area contributed by atoms with Crippen LogP contribution < -0.4 is 5.32 Å². The highest BCUT2D eigenvalue weighted by atomic mass is 35.5. The molecule has 0 aromatic heterocycles. The molecule has 142 valence electrons. The largest absolute Gasteiger partial charge is 0.452 e. The molecular formula is C23H20ClNO3. The van der Waals surface area contributed by atoms with Gasteiger partial charge in [0.2, 0.25) is 0 Å². The topological polar surface area (TPSA) is 55.4 Å². The highest BCUT2D eigenvalue weighted by Crippen LogP contribution is 2.20. The molecule has 0 radical (unpaired) electrons. The minimum absolute atomic E-state index is 0.371. The van der Waals surface area contributed by atoms with Gasteiger partial charge in [-0.15, -0.1) is 0 Å². The van der Waals surface area contributed by atoms with Crippen LogP contribution in [0.3, 0.4) is 0 Å². The number of hydrogen-bond donors (Lipinski definition) is 1. The van der Waals surface area contributed by atoms with Crippen molar-refractivity contribution < 1.29 is 14.3 Å². The smallest absolute Gasteiger partial charge is 0.338 e. The van der Waals surface area contributed by atoms with Crippen LogP contribution in [-0.2, 0) is 16.0 Å². The SMILES string of the molecule is Cc1ccc(Cl)cc1NC(=O)COC(=O)c1ccccc1Cc1ccccc1. The number of ether oxygens (including phenoxy) is 1. The van der Waals surface area contributed by atoms with Gasteiger partial charge in [-0.1, -0.05) is 66.2 Å². The molecule has 28 heavy (non-hydrogen) atoms. The molecule has 1 N–H and O–H groups in total. The molecule has 0 heterocycles. The van der Waals surface area contributed by atoms with Crippen molar-refractivity contribution >= 4 is 29.2 Å². The van der Waals surface area contributed by atoms with Crippen molar-refractivity contribution in [3.63, 3.8) is 0 Å². The number of aryl methyl sites for hydroxylation is 1. The predicted molar refractivity (Wildman–Crippen MR) is 111 cm³/mol. The van der Waals surface area contributed by atoms with E-state index in [-0.39, 0.29) is 6.61 Å². The molecule has 0 unspecified atom stereocenters. The van der Waals surface area contributed by atoms with Crippen LogP contribution >= 0.6 is 11.6 Å². The van der Waals surface area contributed by atoms with Crippen LogP contribution in [-0.4, -0.2) is 18.5 Å². The number of anilines is 1. The number of esters is 1. The van der Waals surface area contributed by atoms with Crippen molar-refractivity contribution in [2.24, 2.45) is 0 Å². The van der Waals surface area contributed by atoms with E-state index < -0.39 is 11.9 Å².